The molecule has 8 nitrogen and oxygen atoms in total. The van der Waals surface area contributed by atoms with E-state index in [1.165, 1.54) is 12.4 Å². The minimum absolute atomic E-state index is 0.129. The molecule has 1 aromatic heterocycles. The third-order valence-electron chi connectivity index (χ3n) is 4.19. The Balaban J connectivity index is 1.83. The molecule has 3 rings (SSSR count). The Hall–Kier alpha value is -3.81. The summed E-state index contributed by atoms with van der Waals surface area (Å²) in [5.74, 6) is 1.56. The summed E-state index contributed by atoms with van der Waals surface area (Å²) in [6.07, 6.45) is 3.01. The zero-order valence-corrected chi connectivity index (χ0v) is 17.7. The highest BCUT2D eigenvalue weighted by atomic mass is 16.5. The lowest BCUT2D eigenvalue weighted by molar-refractivity contribution is 0.102. The van der Waals surface area contributed by atoms with Crippen molar-refractivity contribution in [3.63, 3.8) is 0 Å². The highest BCUT2D eigenvalue weighted by Gasteiger charge is 2.18. The molecule has 0 aliphatic carbocycles. The molecule has 0 unspecified atom stereocenters. The van der Waals surface area contributed by atoms with Gasteiger partial charge in [-0.1, -0.05) is 12.1 Å². The normalized spacial score (nSPS) is 10.4. The van der Waals surface area contributed by atoms with Gasteiger partial charge in [-0.3, -0.25) is 4.79 Å². The van der Waals surface area contributed by atoms with Gasteiger partial charge in [-0.15, -0.1) is 0 Å². The summed E-state index contributed by atoms with van der Waals surface area (Å²) >= 11 is 0. The van der Waals surface area contributed by atoms with E-state index in [9.17, 15) is 9.90 Å². The van der Waals surface area contributed by atoms with Crippen molar-refractivity contribution < 1.29 is 24.1 Å². The first-order chi connectivity index (χ1) is 15.0. The summed E-state index contributed by atoms with van der Waals surface area (Å²) in [4.78, 5) is 21.4. The molecule has 31 heavy (non-hydrogen) atoms. The Kier molecular flexibility index (Phi) is 7.26. The number of hydrogen-bond donors (Lipinski definition) is 2. The van der Waals surface area contributed by atoms with E-state index in [1.54, 1.807) is 36.4 Å². The van der Waals surface area contributed by atoms with Gasteiger partial charge in [0, 0.05) is 11.1 Å². The van der Waals surface area contributed by atoms with E-state index < -0.39 is 0 Å². The van der Waals surface area contributed by atoms with E-state index in [-0.39, 0.29) is 11.7 Å². The Labute approximate surface area is 180 Å². The number of aromatic hydroxyl groups is 1. The lowest BCUT2D eigenvalue weighted by Gasteiger charge is -2.17. The Morgan fingerprint density at radius 3 is 2.10 bits per heavy atom. The standard InChI is InChI=1S/C23H25N3O5/c1-4-29-19-11-16(12-20(30-5-2)21(19)31-6-3)23(28)26-17-13-24-22(25-14-17)15-8-7-9-18(27)10-15/h7-14,27H,4-6H2,1-3H3,(H,26,28). The highest BCUT2D eigenvalue weighted by molar-refractivity contribution is 6.05. The molecule has 3 aromatic rings. The average Bonchev–Trinajstić information content (AvgIpc) is 2.76. The first-order valence-electron chi connectivity index (χ1n) is 10.0. The summed E-state index contributed by atoms with van der Waals surface area (Å²) in [5.41, 5.74) is 1.46. The van der Waals surface area contributed by atoms with Crippen LogP contribution in [0, 0.1) is 0 Å². The van der Waals surface area contributed by atoms with Crippen LogP contribution in [-0.2, 0) is 0 Å². The van der Waals surface area contributed by atoms with Crippen molar-refractivity contribution in [3.05, 3.63) is 54.4 Å². The van der Waals surface area contributed by atoms with Crippen LogP contribution in [0.2, 0.25) is 0 Å². The van der Waals surface area contributed by atoms with Gasteiger partial charge in [-0.25, -0.2) is 9.97 Å². The molecule has 0 fully saturated rings. The third-order valence-corrected chi connectivity index (χ3v) is 4.19. The smallest absolute Gasteiger partial charge is 0.256 e. The average molecular weight is 423 g/mol. The number of aromatic nitrogens is 2. The summed E-state index contributed by atoms with van der Waals surface area (Å²) in [6, 6.07) is 9.88. The van der Waals surface area contributed by atoms with Gasteiger partial charge in [0.05, 0.1) is 37.9 Å². The topological polar surface area (TPSA) is 103 Å². The van der Waals surface area contributed by atoms with Gasteiger partial charge in [-0.05, 0) is 45.0 Å². The number of anilines is 1. The number of benzene rings is 2. The predicted octanol–water partition coefficient (Wildman–Crippen LogP) is 4.30. The highest BCUT2D eigenvalue weighted by Crippen LogP contribution is 2.39. The van der Waals surface area contributed by atoms with Crippen LogP contribution in [0.3, 0.4) is 0 Å². The molecular formula is C23H25N3O5. The Morgan fingerprint density at radius 2 is 1.55 bits per heavy atom. The van der Waals surface area contributed by atoms with Crippen molar-refractivity contribution in [1.29, 1.82) is 0 Å². The number of nitrogens with zero attached hydrogens (tertiary/aromatic N) is 2. The molecule has 162 valence electrons. The van der Waals surface area contributed by atoms with Gasteiger partial charge in [0.15, 0.2) is 17.3 Å². The number of ether oxygens (including phenoxy) is 3. The molecular weight excluding hydrogens is 398 g/mol. The van der Waals surface area contributed by atoms with Gasteiger partial charge in [0.25, 0.3) is 5.91 Å². The largest absolute Gasteiger partial charge is 0.508 e. The van der Waals surface area contributed by atoms with E-state index >= 15 is 0 Å². The van der Waals surface area contributed by atoms with Crippen molar-refractivity contribution in [2.24, 2.45) is 0 Å². The minimum Gasteiger partial charge on any atom is -0.508 e. The van der Waals surface area contributed by atoms with E-state index in [2.05, 4.69) is 15.3 Å². The maximum absolute atomic E-state index is 12.8. The van der Waals surface area contributed by atoms with Crippen LogP contribution in [-0.4, -0.2) is 40.8 Å². The van der Waals surface area contributed by atoms with Crippen molar-refractivity contribution in [1.82, 2.24) is 9.97 Å². The summed E-state index contributed by atoms with van der Waals surface area (Å²) in [6.45, 7) is 6.85. The van der Waals surface area contributed by atoms with Crippen molar-refractivity contribution in [3.8, 4) is 34.4 Å². The van der Waals surface area contributed by atoms with Crippen LogP contribution in [0.1, 0.15) is 31.1 Å². The number of amides is 1. The van der Waals surface area contributed by atoms with Crippen LogP contribution in [0.25, 0.3) is 11.4 Å². The summed E-state index contributed by atoms with van der Waals surface area (Å²) in [5, 5.41) is 12.4. The number of nitrogens with one attached hydrogen (secondary N) is 1. The van der Waals surface area contributed by atoms with Crippen molar-refractivity contribution >= 4 is 11.6 Å². The van der Waals surface area contributed by atoms with E-state index in [4.69, 9.17) is 14.2 Å². The lowest BCUT2D eigenvalue weighted by atomic mass is 10.1. The number of carbonyl (C=O) groups is 1. The number of rotatable bonds is 9. The second-order valence-electron chi connectivity index (χ2n) is 6.40. The summed E-state index contributed by atoms with van der Waals surface area (Å²) in [7, 11) is 0. The number of hydrogen-bond acceptors (Lipinski definition) is 7. The van der Waals surface area contributed by atoms with Crippen LogP contribution >= 0.6 is 0 Å². The number of phenolic OH excluding ortho intramolecular Hbond substituents is 1. The van der Waals surface area contributed by atoms with Crippen LogP contribution < -0.4 is 19.5 Å². The molecule has 0 bridgehead atoms. The molecule has 0 saturated heterocycles. The number of phenols is 1. The van der Waals surface area contributed by atoms with Crippen LogP contribution in [0.4, 0.5) is 5.69 Å². The third kappa shape index (κ3) is 5.42. The molecule has 0 aliphatic rings. The first-order valence-corrected chi connectivity index (χ1v) is 10.0. The van der Waals surface area contributed by atoms with Gasteiger partial charge in [0.1, 0.15) is 5.75 Å². The molecule has 0 atom stereocenters. The predicted molar refractivity (Wildman–Crippen MR) is 117 cm³/mol. The minimum atomic E-state index is -0.362. The number of carbonyl (C=O) groups excluding carboxylic acids is 1. The molecule has 0 saturated carbocycles. The van der Waals surface area contributed by atoms with Crippen LogP contribution in [0.15, 0.2) is 48.8 Å². The van der Waals surface area contributed by atoms with Gasteiger partial charge in [0.2, 0.25) is 5.75 Å². The molecule has 0 aliphatic heterocycles. The molecule has 8 heteroatoms. The fourth-order valence-corrected chi connectivity index (χ4v) is 2.91. The van der Waals surface area contributed by atoms with Gasteiger partial charge < -0.3 is 24.6 Å². The molecule has 1 amide bonds. The monoisotopic (exact) mass is 423 g/mol. The van der Waals surface area contributed by atoms with Crippen LogP contribution in [0.5, 0.6) is 23.0 Å². The zero-order chi connectivity index (χ0) is 22.2. The van der Waals surface area contributed by atoms with E-state index in [0.29, 0.717) is 59.7 Å². The SMILES string of the molecule is CCOc1cc(C(=O)Nc2cnc(-c3cccc(O)c3)nc2)cc(OCC)c1OCC. The molecule has 2 aromatic carbocycles. The Bertz CT molecular complexity index is 1010. The summed E-state index contributed by atoms with van der Waals surface area (Å²) < 4.78 is 17.0. The van der Waals surface area contributed by atoms with E-state index in [1.807, 2.05) is 20.8 Å². The molecule has 2 N–H and O–H groups in total. The maximum Gasteiger partial charge on any atom is 0.256 e. The second kappa shape index (κ2) is 10.3. The zero-order valence-electron chi connectivity index (χ0n) is 17.7. The molecule has 0 spiro atoms. The molecule has 0 radical (unpaired) electrons. The van der Waals surface area contributed by atoms with Crippen molar-refractivity contribution in [2.75, 3.05) is 25.1 Å². The van der Waals surface area contributed by atoms with E-state index in [0.717, 1.165) is 0 Å². The maximum atomic E-state index is 12.8. The fraction of sp³-hybridized carbons (Fsp3) is 0.261. The second-order valence-corrected chi connectivity index (χ2v) is 6.40. The van der Waals surface area contributed by atoms with Crippen molar-refractivity contribution in [2.45, 2.75) is 20.8 Å². The van der Waals surface area contributed by atoms with Gasteiger partial charge >= 0.3 is 0 Å². The first kappa shape index (κ1) is 21.9. The van der Waals surface area contributed by atoms with Gasteiger partial charge in [-0.2, -0.15) is 0 Å². The fourth-order valence-electron chi connectivity index (χ4n) is 2.91. The lowest BCUT2D eigenvalue weighted by Crippen LogP contribution is -2.14. The Morgan fingerprint density at radius 1 is 0.935 bits per heavy atom. The quantitative estimate of drug-likeness (QED) is 0.529. The molecule has 1 heterocycles.